The van der Waals surface area contributed by atoms with E-state index in [4.69, 9.17) is 0 Å². The van der Waals surface area contributed by atoms with Crippen LogP contribution in [0.5, 0.6) is 0 Å². The number of anilines is 1. The summed E-state index contributed by atoms with van der Waals surface area (Å²) in [5.41, 5.74) is 2.30. The minimum Gasteiger partial charge on any atom is -0.351 e. The van der Waals surface area contributed by atoms with Crippen molar-refractivity contribution in [3.63, 3.8) is 0 Å². The van der Waals surface area contributed by atoms with Crippen LogP contribution in [0.15, 0.2) is 24.3 Å². The Labute approximate surface area is 188 Å². The van der Waals surface area contributed by atoms with Gasteiger partial charge in [0.15, 0.2) is 5.69 Å². The number of aryl methyl sites for hydroxylation is 2. The Hall–Kier alpha value is -3.16. The normalized spacial score (nSPS) is 20.9. The molecule has 0 saturated heterocycles. The Balaban J connectivity index is 1.57. The van der Waals surface area contributed by atoms with Gasteiger partial charge in [-0.1, -0.05) is 18.9 Å². The van der Waals surface area contributed by atoms with E-state index in [-0.39, 0.29) is 36.0 Å². The number of carbonyl (C=O) groups is 3. The number of aromatic nitrogens is 2. The molecule has 2 aromatic rings. The first-order valence-electron chi connectivity index (χ1n) is 11.3. The Morgan fingerprint density at radius 1 is 1.16 bits per heavy atom. The third kappa shape index (κ3) is 3.89. The van der Waals surface area contributed by atoms with Gasteiger partial charge in [-0.15, -0.1) is 0 Å². The Morgan fingerprint density at radius 3 is 2.53 bits per heavy atom. The zero-order valence-corrected chi connectivity index (χ0v) is 19.2. The summed E-state index contributed by atoms with van der Waals surface area (Å²) < 4.78 is 1.50. The lowest BCUT2D eigenvalue weighted by molar-refractivity contribution is -0.133. The van der Waals surface area contributed by atoms with Crippen molar-refractivity contribution in [1.29, 1.82) is 0 Å². The molecule has 1 aliphatic carbocycles. The average molecular weight is 438 g/mol. The molecule has 1 fully saturated rings. The third-order valence-corrected chi connectivity index (χ3v) is 6.79. The number of fused-ring (bicyclic) bond motifs is 1. The molecule has 2 aliphatic rings. The van der Waals surface area contributed by atoms with E-state index in [0.717, 1.165) is 36.8 Å². The summed E-state index contributed by atoms with van der Waals surface area (Å²) in [6.07, 6.45) is 4.16. The molecule has 170 valence electrons. The molecule has 0 spiro atoms. The topological polar surface area (TPSA) is 96.3 Å². The largest absolute Gasteiger partial charge is 0.351 e. The van der Waals surface area contributed by atoms with Crippen LogP contribution < -0.4 is 10.6 Å². The number of carbonyl (C=O) groups excluding carboxylic acids is 3. The monoisotopic (exact) mass is 437 g/mol. The predicted octanol–water partition coefficient (Wildman–Crippen LogP) is 3.05. The SMILES string of the molecule is CCN1C(=O)c2cc(C(=O)Nc3ccc(C)c(C)c3)nn2CC1(C)C(=O)NC1CCCC1. The molecule has 32 heavy (non-hydrogen) atoms. The van der Waals surface area contributed by atoms with Crippen molar-refractivity contribution in [2.45, 2.75) is 71.5 Å². The highest BCUT2D eigenvalue weighted by molar-refractivity contribution is 6.06. The van der Waals surface area contributed by atoms with Crippen LogP contribution in [0, 0.1) is 13.8 Å². The molecule has 1 atom stereocenters. The van der Waals surface area contributed by atoms with E-state index in [2.05, 4.69) is 15.7 Å². The fourth-order valence-electron chi connectivity index (χ4n) is 4.67. The molecule has 3 amide bonds. The van der Waals surface area contributed by atoms with E-state index in [1.165, 1.54) is 10.7 Å². The highest BCUT2D eigenvalue weighted by Crippen LogP contribution is 2.29. The van der Waals surface area contributed by atoms with Gasteiger partial charge in [0, 0.05) is 24.3 Å². The van der Waals surface area contributed by atoms with Crippen molar-refractivity contribution in [2.24, 2.45) is 0 Å². The first kappa shape index (κ1) is 22.0. The average Bonchev–Trinajstić information content (AvgIpc) is 3.41. The standard InChI is InChI=1S/C24H31N5O3/c1-5-28-22(31)20-13-19(21(30)25-18-11-10-15(2)16(3)12-18)27-29(20)14-24(28,4)23(32)26-17-8-6-7-9-17/h10-13,17H,5-9,14H2,1-4H3,(H,25,30)(H,26,32). The summed E-state index contributed by atoms with van der Waals surface area (Å²) in [5, 5.41) is 10.4. The lowest BCUT2D eigenvalue weighted by Gasteiger charge is -2.43. The molecule has 1 saturated carbocycles. The molecule has 8 nitrogen and oxygen atoms in total. The van der Waals surface area contributed by atoms with Crippen LogP contribution in [0.3, 0.4) is 0 Å². The maximum Gasteiger partial charge on any atom is 0.276 e. The number of benzene rings is 1. The Morgan fingerprint density at radius 2 is 1.88 bits per heavy atom. The van der Waals surface area contributed by atoms with Crippen LogP contribution in [-0.2, 0) is 11.3 Å². The zero-order valence-electron chi connectivity index (χ0n) is 19.2. The van der Waals surface area contributed by atoms with E-state index in [9.17, 15) is 14.4 Å². The van der Waals surface area contributed by atoms with Gasteiger partial charge in [-0.25, -0.2) is 0 Å². The van der Waals surface area contributed by atoms with Gasteiger partial charge in [0.2, 0.25) is 5.91 Å². The molecule has 0 radical (unpaired) electrons. The molecule has 2 heterocycles. The van der Waals surface area contributed by atoms with Gasteiger partial charge in [-0.05, 0) is 63.8 Å². The molecule has 1 aromatic heterocycles. The number of nitrogens with one attached hydrogen (secondary N) is 2. The van der Waals surface area contributed by atoms with Gasteiger partial charge in [-0.3, -0.25) is 19.1 Å². The van der Waals surface area contributed by atoms with Crippen LogP contribution in [0.4, 0.5) is 5.69 Å². The van der Waals surface area contributed by atoms with Crippen molar-refractivity contribution >= 4 is 23.4 Å². The molecular weight excluding hydrogens is 406 g/mol. The first-order valence-corrected chi connectivity index (χ1v) is 11.3. The van der Waals surface area contributed by atoms with Crippen molar-refractivity contribution in [2.75, 3.05) is 11.9 Å². The van der Waals surface area contributed by atoms with E-state index in [0.29, 0.717) is 17.9 Å². The number of likely N-dealkylation sites (N-methyl/N-ethyl adjacent to an activating group) is 1. The number of amides is 3. The second-order valence-corrected chi connectivity index (χ2v) is 9.10. The minimum atomic E-state index is -1.06. The summed E-state index contributed by atoms with van der Waals surface area (Å²) in [6, 6.07) is 7.35. The summed E-state index contributed by atoms with van der Waals surface area (Å²) >= 11 is 0. The smallest absolute Gasteiger partial charge is 0.276 e. The van der Waals surface area contributed by atoms with E-state index in [1.54, 1.807) is 11.8 Å². The molecule has 1 aliphatic heterocycles. The molecule has 0 bridgehead atoms. The fraction of sp³-hybridized carbons (Fsp3) is 0.500. The van der Waals surface area contributed by atoms with Crippen LogP contribution in [0.1, 0.15) is 71.6 Å². The van der Waals surface area contributed by atoms with Crippen LogP contribution >= 0.6 is 0 Å². The Kier molecular flexibility index (Phi) is 5.79. The number of nitrogens with zero attached hydrogens (tertiary/aromatic N) is 3. The molecule has 1 aromatic carbocycles. The van der Waals surface area contributed by atoms with Gasteiger partial charge in [0.05, 0.1) is 6.54 Å². The van der Waals surface area contributed by atoms with Gasteiger partial charge in [0.25, 0.3) is 11.8 Å². The van der Waals surface area contributed by atoms with Gasteiger partial charge in [-0.2, -0.15) is 5.10 Å². The zero-order chi connectivity index (χ0) is 23.0. The first-order chi connectivity index (χ1) is 15.2. The second kappa shape index (κ2) is 8.41. The molecular formula is C24H31N5O3. The highest BCUT2D eigenvalue weighted by atomic mass is 16.2. The van der Waals surface area contributed by atoms with Crippen LogP contribution in [-0.4, -0.2) is 50.5 Å². The van der Waals surface area contributed by atoms with Gasteiger partial charge in [0.1, 0.15) is 11.2 Å². The fourth-order valence-corrected chi connectivity index (χ4v) is 4.67. The quantitative estimate of drug-likeness (QED) is 0.751. The van der Waals surface area contributed by atoms with Crippen LogP contribution in [0.2, 0.25) is 0 Å². The summed E-state index contributed by atoms with van der Waals surface area (Å²) in [7, 11) is 0. The molecule has 2 N–H and O–H groups in total. The van der Waals surface area contributed by atoms with Crippen molar-refractivity contribution in [1.82, 2.24) is 20.0 Å². The van der Waals surface area contributed by atoms with Crippen molar-refractivity contribution < 1.29 is 14.4 Å². The number of hydrogen-bond donors (Lipinski definition) is 2. The molecule has 8 heteroatoms. The maximum atomic E-state index is 13.2. The van der Waals surface area contributed by atoms with Gasteiger partial charge < -0.3 is 15.5 Å². The van der Waals surface area contributed by atoms with Crippen LogP contribution in [0.25, 0.3) is 0 Å². The third-order valence-electron chi connectivity index (χ3n) is 6.79. The minimum absolute atomic E-state index is 0.156. The molecule has 4 rings (SSSR count). The lowest BCUT2D eigenvalue weighted by Crippen LogP contribution is -2.64. The van der Waals surface area contributed by atoms with Crippen molar-refractivity contribution in [3.05, 3.63) is 46.8 Å². The van der Waals surface area contributed by atoms with E-state index < -0.39 is 5.54 Å². The van der Waals surface area contributed by atoms with E-state index >= 15 is 0 Å². The predicted molar refractivity (Wildman–Crippen MR) is 122 cm³/mol. The summed E-state index contributed by atoms with van der Waals surface area (Å²) in [5.74, 6) is -0.842. The van der Waals surface area contributed by atoms with E-state index in [1.807, 2.05) is 39.0 Å². The van der Waals surface area contributed by atoms with Crippen molar-refractivity contribution in [3.8, 4) is 0 Å². The maximum absolute atomic E-state index is 13.2. The summed E-state index contributed by atoms with van der Waals surface area (Å²) in [6.45, 7) is 8.22. The Bertz CT molecular complexity index is 1070. The highest BCUT2D eigenvalue weighted by Gasteiger charge is 2.48. The number of hydrogen-bond acceptors (Lipinski definition) is 4. The molecule has 1 unspecified atom stereocenters. The summed E-state index contributed by atoms with van der Waals surface area (Å²) in [4.78, 5) is 40.9. The second-order valence-electron chi connectivity index (χ2n) is 9.10. The lowest BCUT2D eigenvalue weighted by atomic mass is 9.94. The number of rotatable bonds is 5. The van der Waals surface area contributed by atoms with Gasteiger partial charge >= 0.3 is 0 Å².